The molecule has 2 N–H and O–H groups in total. The summed E-state index contributed by atoms with van der Waals surface area (Å²) in [7, 11) is 0. The van der Waals surface area contributed by atoms with Crippen molar-refractivity contribution >= 4 is 29.8 Å². The van der Waals surface area contributed by atoms with Crippen LogP contribution in [-0.2, 0) is 16.0 Å². The Labute approximate surface area is 258 Å². The third kappa shape index (κ3) is 11.2. The first-order valence-corrected chi connectivity index (χ1v) is 15.1. The maximum absolute atomic E-state index is 14.6. The number of benzene rings is 2. The smallest absolute Gasteiger partial charge is 0.338 e. The van der Waals surface area contributed by atoms with Crippen molar-refractivity contribution in [3.8, 4) is 11.5 Å². The predicted molar refractivity (Wildman–Crippen MR) is 167 cm³/mol. The van der Waals surface area contributed by atoms with Crippen molar-refractivity contribution in [1.29, 1.82) is 0 Å². The van der Waals surface area contributed by atoms with Crippen molar-refractivity contribution < 1.29 is 28.6 Å². The van der Waals surface area contributed by atoms with Gasteiger partial charge in [-0.25, -0.2) is 19.2 Å². The van der Waals surface area contributed by atoms with Gasteiger partial charge in [0.15, 0.2) is 0 Å². The summed E-state index contributed by atoms with van der Waals surface area (Å²) in [5.41, 5.74) is -0.554. The topological polar surface area (TPSA) is 111 Å². The monoisotopic (exact) mass is 611 g/mol. The first kappa shape index (κ1) is 33.8. The number of halogens is 1. The number of carbonyl (C=O) groups excluding carboxylic acids is 1. The maximum Gasteiger partial charge on any atom is 0.338 e. The van der Waals surface area contributed by atoms with E-state index in [0.29, 0.717) is 35.9 Å². The first-order valence-electron chi connectivity index (χ1n) is 14.3. The lowest BCUT2D eigenvalue weighted by Gasteiger charge is -2.35. The molecule has 0 aliphatic carbocycles. The van der Waals surface area contributed by atoms with Gasteiger partial charge in [-0.1, -0.05) is 20.3 Å². The Balaban J connectivity index is 1.49. The molecule has 10 heteroatoms. The summed E-state index contributed by atoms with van der Waals surface area (Å²) in [6.45, 7) is 13.8. The molecule has 0 radical (unpaired) electrons. The van der Waals surface area contributed by atoms with Crippen molar-refractivity contribution in [2.75, 3.05) is 4.72 Å². The van der Waals surface area contributed by atoms with Gasteiger partial charge in [-0.15, -0.1) is 0 Å². The van der Waals surface area contributed by atoms with Crippen molar-refractivity contribution in [2.24, 2.45) is 10.8 Å². The van der Waals surface area contributed by atoms with Gasteiger partial charge < -0.3 is 14.6 Å². The van der Waals surface area contributed by atoms with E-state index in [1.54, 1.807) is 12.1 Å². The average molecular weight is 612 g/mol. The summed E-state index contributed by atoms with van der Waals surface area (Å²) in [5, 5.41) is 8.94. The SMILES string of the molecule is CC(C)(CCCCc1cc(Oc2ccc(SNc3ncc(C(=O)O)cn3)cc2)ccc1F)CC(C)(C)C(=O)OC(C)(C)C. The summed E-state index contributed by atoms with van der Waals surface area (Å²) < 4.78 is 29.2. The second kappa shape index (κ2) is 14.2. The van der Waals surface area contributed by atoms with Crippen molar-refractivity contribution in [2.45, 2.75) is 91.1 Å². The molecule has 232 valence electrons. The molecule has 0 saturated carbocycles. The second-order valence-electron chi connectivity index (χ2n) is 13.1. The number of esters is 1. The van der Waals surface area contributed by atoms with Crippen molar-refractivity contribution in [3.05, 3.63) is 71.8 Å². The lowest BCUT2D eigenvalue weighted by atomic mass is 9.72. The molecule has 43 heavy (non-hydrogen) atoms. The number of anilines is 1. The van der Waals surface area contributed by atoms with Crippen LogP contribution in [-0.4, -0.2) is 32.6 Å². The van der Waals surface area contributed by atoms with Gasteiger partial charge in [-0.2, -0.15) is 0 Å². The van der Waals surface area contributed by atoms with Crippen LogP contribution in [0.5, 0.6) is 11.5 Å². The van der Waals surface area contributed by atoms with Crippen molar-refractivity contribution in [1.82, 2.24) is 9.97 Å². The molecule has 0 atom stereocenters. The van der Waals surface area contributed by atoms with Crippen LogP contribution in [0, 0.1) is 16.6 Å². The number of hydrogen-bond donors (Lipinski definition) is 2. The zero-order valence-electron chi connectivity index (χ0n) is 26.0. The highest BCUT2D eigenvalue weighted by Crippen LogP contribution is 2.39. The first-order chi connectivity index (χ1) is 20.0. The summed E-state index contributed by atoms with van der Waals surface area (Å²) in [6.07, 6.45) is 6.41. The normalized spacial score (nSPS) is 12.1. The van der Waals surface area contributed by atoms with Gasteiger partial charge in [0.2, 0.25) is 5.95 Å². The van der Waals surface area contributed by atoms with Gasteiger partial charge in [0.05, 0.1) is 11.0 Å². The number of carboxylic acids is 1. The number of nitrogens with one attached hydrogen (secondary N) is 1. The van der Waals surface area contributed by atoms with E-state index in [0.717, 1.165) is 24.2 Å². The number of aromatic carboxylic acids is 1. The fourth-order valence-electron chi connectivity index (χ4n) is 4.81. The molecule has 0 aliphatic rings. The minimum absolute atomic E-state index is 0.0150. The molecular weight excluding hydrogens is 569 g/mol. The molecular formula is C33H42FN3O5S. The Bertz CT molecular complexity index is 1390. The zero-order valence-corrected chi connectivity index (χ0v) is 26.8. The third-order valence-corrected chi connectivity index (χ3v) is 7.45. The Kier molecular flexibility index (Phi) is 11.2. The van der Waals surface area contributed by atoms with Crippen LogP contribution >= 0.6 is 11.9 Å². The van der Waals surface area contributed by atoms with Crippen LogP contribution < -0.4 is 9.46 Å². The van der Waals surface area contributed by atoms with Gasteiger partial charge >= 0.3 is 11.9 Å². The summed E-state index contributed by atoms with van der Waals surface area (Å²) in [6, 6.07) is 12.1. The summed E-state index contributed by atoms with van der Waals surface area (Å²) in [4.78, 5) is 32.4. The van der Waals surface area contributed by atoms with E-state index in [4.69, 9.17) is 14.6 Å². The lowest BCUT2D eigenvalue weighted by molar-refractivity contribution is -0.167. The van der Waals surface area contributed by atoms with Crippen LogP contribution in [0.4, 0.5) is 10.3 Å². The number of unbranched alkanes of at least 4 members (excludes halogenated alkanes) is 1. The van der Waals surface area contributed by atoms with E-state index in [9.17, 15) is 14.0 Å². The minimum atomic E-state index is -1.08. The molecule has 0 aliphatic heterocycles. The van der Waals surface area contributed by atoms with Crippen molar-refractivity contribution in [3.63, 3.8) is 0 Å². The van der Waals surface area contributed by atoms with Crippen LogP contribution in [0.2, 0.25) is 0 Å². The fourth-order valence-corrected chi connectivity index (χ4v) is 5.39. The quantitative estimate of drug-likeness (QED) is 0.105. The van der Waals surface area contributed by atoms with Crippen LogP contribution in [0.25, 0.3) is 0 Å². The molecule has 0 saturated heterocycles. The number of aromatic nitrogens is 2. The van der Waals surface area contributed by atoms with E-state index in [-0.39, 0.29) is 22.8 Å². The number of rotatable bonds is 14. The predicted octanol–water partition coefficient (Wildman–Crippen LogP) is 8.72. The van der Waals surface area contributed by atoms with E-state index in [1.807, 2.05) is 58.9 Å². The van der Waals surface area contributed by atoms with Crippen LogP contribution in [0.3, 0.4) is 0 Å². The highest BCUT2D eigenvalue weighted by atomic mass is 32.2. The molecule has 0 amide bonds. The highest BCUT2D eigenvalue weighted by molar-refractivity contribution is 8.00. The number of hydrogen-bond acceptors (Lipinski definition) is 8. The average Bonchev–Trinajstić information content (AvgIpc) is 2.91. The van der Waals surface area contributed by atoms with Gasteiger partial charge in [-0.3, -0.25) is 9.52 Å². The van der Waals surface area contributed by atoms with E-state index in [2.05, 4.69) is 28.5 Å². The van der Waals surface area contributed by atoms with Gasteiger partial charge in [0.1, 0.15) is 22.9 Å². The van der Waals surface area contributed by atoms with Crippen LogP contribution in [0.15, 0.2) is 59.8 Å². The Morgan fingerprint density at radius 3 is 2.16 bits per heavy atom. The largest absolute Gasteiger partial charge is 0.478 e. The van der Waals surface area contributed by atoms with Gasteiger partial charge in [0, 0.05) is 17.3 Å². The Morgan fingerprint density at radius 1 is 0.930 bits per heavy atom. The fraction of sp³-hybridized carbons (Fsp3) is 0.455. The van der Waals surface area contributed by atoms with Gasteiger partial charge in [0.25, 0.3) is 0 Å². The summed E-state index contributed by atoms with van der Waals surface area (Å²) in [5.74, 6) is -0.0624. The standard InChI is InChI=1S/C33H42FN3O5S/c1-31(2,3)42-29(40)33(6,7)21-32(4,5)17-9-8-10-22-18-25(13-16-27(22)34)41-24-11-14-26(15-12-24)43-37-30-35-19-23(20-36-30)28(38)39/h11-16,18-20H,8-10,17,21H2,1-7H3,(H,38,39)(H,35,36,37). The molecule has 0 unspecified atom stereocenters. The zero-order chi connectivity index (χ0) is 31.8. The Hall–Kier alpha value is -3.66. The molecule has 1 aromatic heterocycles. The van der Waals surface area contributed by atoms with E-state index < -0.39 is 17.0 Å². The molecule has 3 rings (SSSR count). The van der Waals surface area contributed by atoms with Gasteiger partial charge in [-0.05, 0) is 126 Å². The molecule has 3 aromatic rings. The van der Waals surface area contributed by atoms with E-state index >= 15 is 0 Å². The number of nitrogens with zero attached hydrogens (tertiary/aromatic N) is 2. The molecule has 0 fully saturated rings. The highest BCUT2D eigenvalue weighted by Gasteiger charge is 2.37. The third-order valence-electron chi connectivity index (χ3n) is 6.66. The minimum Gasteiger partial charge on any atom is -0.478 e. The molecule has 2 aromatic carbocycles. The van der Waals surface area contributed by atoms with Crippen LogP contribution in [0.1, 0.15) is 90.1 Å². The van der Waals surface area contributed by atoms with E-state index in [1.165, 1.54) is 30.4 Å². The molecule has 0 bridgehead atoms. The number of carbonyl (C=O) groups is 2. The Morgan fingerprint density at radius 2 is 1.56 bits per heavy atom. The number of ether oxygens (including phenoxy) is 2. The molecule has 8 nitrogen and oxygen atoms in total. The number of carboxylic acid groups (broad SMARTS) is 1. The number of aryl methyl sites for hydroxylation is 1. The molecule has 0 spiro atoms. The lowest BCUT2D eigenvalue weighted by Crippen LogP contribution is -2.36. The maximum atomic E-state index is 14.6. The second-order valence-corrected chi connectivity index (χ2v) is 13.9. The summed E-state index contributed by atoms with van der Waals surface area (Å²) >= 11 is 1.28. The molecule has 1 heterocycles.